The van der Waals surface area contributed by atoms with Crippen LogP contribution >= 0.6 is 0 Å². The standard InChI is InChI=1S/C16H14FNO/c1-19-16-8-3-2-7-15(16)13(11-18)9-12-5-4-6-14(17)10-12/h2-8,10,13H,9H2,1H3. The first kappa shape index (κ1) is 13.1. The first-order valence-corrected chi connectivity index (χ1v) is 6.01. The maximum absolute atomic E-state index is 13.2. The molecule has 0 saturated heterocycles. The van der Waals surface area contributed by atoms with Crippen molar-refractivity contribution in [1.82, 2.24) is 0 Å². The van der Waals surface area contributed by atoms with E-state index in [4.69, 9.17) is 4.74 Å². The minimum absolute atomic E-state index is 0.283. The molecule has 0 aliphatic rings. The number of para-hydroxylation sites is 1. The largest absolute Gasteiger partial charge is 0.496 e. The van der Waals surface area contributed by atoms with Crippen LogP contribution in [0.1, 0.15) is 17.0 Å². The van der Waals surface area contributed by atoms with Crippen molar-refractivity contribution in [2.75, 3.05) is 7.11 Å². The van der Waals surface area contributed by atoms with Crippen LogP contribution in [0, 0.1) is 17.1 Å². The Hall–Kier alpha value is -2.34. The van der Waals surface area contributed by atoms with E-state index in [1.54, 1.807) is 13.2 Å². The van der Waals surface area contributed by atoms with E-state index in [0.29, 0.717) is 12.2 Å². The van der Waals surface area contributed by atoms with Gasteiger partial charge in [-0.25, -0.2) is 4.39 Å². The Kier molecular flexibility index (Phi) is 4.15. The first-order chi connectivity index (χ1) is 9.24. The highest BCUT2D eigenvalue weighted by Gasteiger charge is 2.16. The quantitative estimate of drug-likeness (QED) is 0.834. The van der Waals surface area contributed by atoms with E-state index in [9.17, 15) is 9.65 Å². The van der Waals surface area contributed by atoms with E-state index in [0.717, 1.165) is 11.1 Å². The van der Waals surface area contributed by atoms with Crippen molar-refractivity contribution in [2.24, 2.45) is 0 Å². The molecule has 0 spiro atoms. The summed E-state index contributed by atoms with van der Waals surface area (Å²) in [6.45, 7) is 0. The molecule has 2 aromatic rings. The van der Waals surface area contributed by atoms with Gasteiger partial charge in [0.05, 0.1) is 19.1 Å². The van der Waals surface area contributed by atoms with Gasteiger partial charge in [0.25, 0.3) is 0 Å². The second kappa shape index (κ2) is 6.01. The molecule has 0 radical (unpaired) electrons. The van der Waals surface area contributed by atoms with Crippen molar-refractivity contribution in [1.29, 1.82) is 5.26 Å². The number of nitrogens with zero attached hydrogens (tertiary/aromatic N) is 1. The lowest BCUT2D eigenvalue weighted by molar-refractivity contribution is 0.408. The molecule has 1 unspecified atom stereocenters. The SMILES string of the molecule is COc1ccccc1C(C#N)Cc1cccc(F)c1. The fraction of sp³-hybridized carbons (Fsp3) is 0.188. The second-order valence-electron chi connectivity index (χ2n) is 4.26. The third-order valence-electron chi connectivity index (χ3n) is 3.00. The molecule has 0 aliphatic heterocycles. The summed E-state index contributed by atoms with van der Waals surface area (Å²) >= 11 is 0. The van der Waals surface area contributed by atoms with Crippen molar-refractivity contribution >= 4 is 0 Å². The Morgan fingerprint density at radius 1 is 1.21 bits per heavy atom. The summed E-state index contributed by atoms with van der Waals surface area (Å²) in [5.74, 6) is 0.0534. The predicted octanol–water partition coefficient (Wildman–Crippen LogP) is 3.68. The van der Waals surface area contributed by atoms with Crippen LogP contribution in [0.4, 0.5) is 4.39 Å². The van der Waals surface area contributed by atoms with Gasteiger partial charge in [-0.05, 0) is 30.2 Å². The normalized spacial score (nSPS) is 11.6. The highest BCUT2D eigenvalue weighted by molar-refractivity contribution is 5.40. The third kappa shape index (κ3) is 3.11. The third-order valence-corrected chi connectivity index (χ3v) is 3.00. The van der Waals surface area contributed by atoms with Gasteiger partial charge in [0.1, 0.15) is 11.6 Å². The van der Waals surface area contributed by atoms with E-state index < -0.39 is 0 Å². The summed E-state index contributed by atoms with van der Waals surface area (Å²) < 4.78 is 18.4. The van der Waals surface area contributed by atoms with Crippen LogP contribution < -0.4 is 4.74 Å². The maximum Gasteiger partial charge on any atom is 0.123 e. The van der Waals surface area contributed by atoms with Crippen LogP contribution in [-0.4, -0.2) is 7.11 Å². The fourth-order valence-corrected chi connectivity index (χ4v) is 2.08. The maximum atomic E-state index is 13.2. The number of rotatable bonds is 4. The smallest absolute Gasteiger partial charge is 0.123 e. The number of nitriles is 1. The van der Waals surface area contributed by atoms with Gasteiger partial charge >= 0.3 is 0 Å². The molecule has 0 saturated carbocycles. The van der Waals surface area contributed by atoms with E-state index >= 15 is 0 Å². The zero-order chi connectivity index (χ0) is 13.7. The van der Waals surface area contributed by atoms with Crippen molar-refractivity contribution < 1.29 is 9.13 Å². The summed E-state index contributed by atoms with van der Waals surface area (Å²) in [5.41, 5.74) is 1.63. The molecular weight excluding hydrogens is 241 g/mol. The fourth-order valence-electron chi connectivity index (χ4n) is 2.08. The second-order valence-corrected chi connectivity index (χ2v) is 4.26. The zero-order valence-electron chi connectivity index (χ0n) is 10.6. The minimum atomic E-state index is -0.349. The Balaban J connectivity index is 2.28. The van der Waals surface area contributed by atoms with Crippen LogP contribution in [-0.2, 0) is 6.42 Å². The number of benzene rings is 2. The van der Waals surface area contributed by atoms with Gasteiger partial charge in [-0.3, -0.25) is 0 Å². The average Bonchev–Trinajstić information content (AvgIpc) is 2.45. The molecular formula is C16H14FNO. The summed E-state index contributed by atoms with van der Waals surface area (Å²) in [6, 6.07) is 16.0. The molecule has 3 heteroatoms. The number of methoxy groups -OCH3 is 1. The molecule has 0 bridgehead atoms. The van der Waals surface area contributed by atoms with E-state index in [2.05, 4.69) is 6.07 Å². The summed E-state index contributed by atoms with van der Waals surface area (Å²) in [5, 5.41) is 9.33. The molecule has 1 atom stereocenters. The molecule has 0 aromatic heterocycles. The van der Waals surface area contributed by atoms with Crippen LogP contribution in [0.15, 0.2) is 48.5 Å². The van der Waals surface area contributed by atoms with E-state index in [1.807, 2.05) is 30.3 Å². The predicted molar refractivity (Wildman–Crippen MR) is 71.5 cm³/mol. The topological polar surface area (TPSA) is 33.0 Å². The highest BCUT2D eigenvalue weighted by Crippen LogP contribution is 2.28. The molecule has 2 rings (SSSR count). The molecule has 0 N–H and O–H groups in total. The van der Waals surface area contributed by atoms with Gasteiger partial charge in [0.2, 0.25) is 0 Å². The molecule has 2 aromatic carbocycles. The lowest BCUT2D eigenvalue weighted by Gasteiger charge is -2.13. The minimum Gasteiger partial charge on any atom is -0.496 e. The van der Waals surface area contributed by atoms with Gasteiger partial charge in [-0.1, -0.05) is 30.3 Å². The molecule has 0 heterocycles. The van der Waals surface area contributed by atoms with Crippen LogP contribution in [0.2, 0.25) is 0 Å². The Labute approximate surface area is 112 Å². The Morgan fingerprint density at radius 3 is 2.68 bits per heavy atom. The molecule has 96 valence electrons. The van der Waals surface area contributed by atoms with Gasteiger partial charge in [0.15, 0.2) is 0 Å². The lowest BCUT2D eigenvalue weighted by atomic mass is 9.92. The number of halogens is 1. The van der Waals surface area contributed by atoms with Gasteiger partial charge < -0.3 is 4.74 Å². The van der Waals surface area contributed by atoms with Crippen LogP contribution in [0.5, 0.6) is 5.75 Å². The lowest BCUT2D eigenvalue weighted by Crippen LogP contribution is -2.03. The van der Waals surface area contributed by atoms with Crippen molar-refractivity contribution in [3.63, 3.8) is 0 Å². The van der Waals surface area contributed by atoms with E-state index in [1.165, 1.54) is 12.1 Å². The van der Waals surface area contributed by atoms with Crippen LogP contribution in [0.3, 0.4) is 0 Å². The first-order valence-electron chi connectivity index (χ1n) is 6.01. The molecule has 0 fully saturated rings. The average molecular weight is 255 g/mol. The summed E-state index contributed by atoms with van der Waals surface area (Å²) in [6.07, 6.45) is 0.467. The number of ether oxygens (including phenoxy) is 1. The Morgan fingerprint density at radius 2 is 2.00 bits per heavy atom. The summed E-state index contributed by atoms with van der Waals surface area (Å²) in [7, 11) is 1.58. The van der Waals surface area contributed by atoms with Crippen molar-refractivity contribution in [3.8, 4) is 11.8 Å². The molecule has 2 nitrogen and oxygen atoms in total. The summed E-state index contributed by atoms with van der Waals surface area (Å²) in [4.78, 5) is 0. The molecule has 0 aliphatic carbocycles. The number of hydrogen-bond donors (Lipinski definition) is 0. The van der Waals surface area contributed by atoms with Crippen molar-refractivity contribution in [3.05, 3.63) is 65.5 Å². The van der Waals surface area contributed by atoms with Crippen LogP contribution in [0.25, 0.3) is 0 Å². The monoisotopic (exact) mass is 255 g/mol. The van der Waals surface area contributed by atoms with Gasteiger partial charge in [-0.2, -0.15) is 5.26 Å². The van der Waals surface area contributed by atoms with E-state index in [-0.39, 0.29) is 11.7 Å². The molecule has 0 amide bonds. The molecule has 19 heavy (non-hydrogen) atoms. The Bertz CT molecular complexity index is 604. The van der Waals surface area contributed by atoms with Gasteiger partial charge in [0, 0.05) is 5.56 Å². The highest BCUT2D eigenvalue weighted by atomic mass is 19.1. The van der Waals surface area contributed by atoms with Gasteiger partial charge in [-0.15, -0.1) is 0 Å². The number of hydrogen-bond acceptors (Lipinski definition) is 2. The zero-order valence-corrected chi connectivity index (χ0v) is 10.6. The van der Waals surface area contributed by atoms with Crippen molar-refractivity contribution in [2.45, 2.75) is 12.3 Å².